The number of hydrogen-bond donors (Lipinski definition) is 1. The minimum absolute atomic E-state index is 0.0899. The van der Waals surface area contributed by atoms with Gasteiger partial charge < -0.3 is 24.6 Å². The Labute approximate surface area is 229 Å². The number of aromatic nitrogens is 3. The normalized spacial score (nSPS) is 18.7. The maximum absolute atomic E-state index is 14.3. The summed E-state index contributed by atoms with van der Waals surface area (Å²) in [5.74, 6) is -0.526. The summed E-state index contributed by atoms with van der Waals surface area (Å²) in [6, 6.07) is 3.52. The fraction of sp³-hybridized carbons (Fsp3) is 0.607. The molecular weight excluding hydrogens is 503 g/mol. The number of rotatable bonds is 6. The molecule has 1 aromatic heterocycles. The van der Waals surface area contributed by atoms with Crippen molar-refractivity contribution in [2.45, 2.75) is 85.0 Å². The van der Waals surface area contributed by atoms with Crippen LogP contribution in [0.1, 0.15) is 83.4 Å². The van der Waals surface area contributed by atoms with E-state index >= 15 is 0 Å². The van der Waals surface area contributed by atoms with E-state index in [0.29, 0.717) is 18.8 Å². The highest BCUT2D eigenvalue weighted by Gasteiger charge is 2.51. The standard InChI is InChI=1S/C28H39FN6O4/c1-17(2)35(18(3)4)25(36)20-14-19(29)8-9-21(20)38-24-22(31-16-32-33-24)23-28(15-30-23)10-12-34(13-11-28)26(37)39-27(5,6)7/h8-9,14,16-18,23,30H,10-13,15H2,1-7H3. The van der Waals surface area contributed by atoms with Gasteiger partial charge in [0.25, 0.3) is 11.8 Å². The van der Waals surface area contributed by atoms with Gasteiger partial charge >= 0.3 is 6.09 Å². The van der Waals surface area contributed by atoms with Gasteiger partial charge in [-0.05, 0) is 79.5 Å². The molecule has 2 saturated heterocycles. The molecule has 0 radical (unpaired) electrons. The lowest BCUT2D eigenvalue weighted by Gasteiger charge is -2.54. The van der Waals surface area contributed by atoms with Gasteiger partial charge in [-0.2, -0.15) is 0 Å². The van der Waals surface area contributed by atoms with E-state index < -0.39 is 11.4 Å². The molecule has 1 N–H and O–H groups in total. The topological polar surface area (TPSA) is 110 Å². The van der Waals surface area contributed by atoms with Crippen molar-refractivity contribution in [2.24, 2.45) is 5.41 Å². The second-order valence-corrected chi connectivity index (χ2v) is 11.9. The minimum Gasteiger partial charge on any atom is -0.444 e. The van der Waals surface area contributed by atoms with E-state index in [2.05, 4.69) is 20.5 Å². The lowest BCUT2D eigenvalue weighted by atomic mass is 9.66. The van der Waals surface area contributed by atoms with Gasteiger partial charge in [0, 0.05) is 37.1 Å². The number of amides is 2. The number of carbonyl (C=O) groups is 2. The first-order valence-electron chi connectivity index (χ1n) is 13.5. The first-order valence-corrected chi connectivity index (χ1v) is 13.5. The van der Waals surface area contributed by atoms with Crippen LogP contribution in [0, 0.1) is 11.2 Å². The zero-order valence-corrected chi connectivity index (χ0v) is 23.8. The van der Waals surface area contributed by atoms with Gasteiger partial charge in [-0.3, -0.25) is 4.79 Å². The maximum Gasteiger partial charge on any atom is 0.410 e. The first-order chi connectivity index (χ1) is 18.3. The second kappa shape index (κ2) is 11.0. The summed E-state index contributed by atoms with van der Waals surface area (Å²) in [5.41, 5.74) is -0.0152. The Morgan fingerprint density at radius 1 is 1.15 bits per heavy atom. The number of likely N-dealkylation sites (tertiary alicyclic amines) is 1. The molecule has 39 heavy (non-hydrogen) atoms. The Kier molecular flexibility index (Phi) is 8.11. The molecule has 3 heterocycles. The monoisotopic (exact) mass is 542 g/mol. The Morgan fingerprint density at radius 2 is 1.82 bits per heavy atom. The Bertz CT molecular complexity index is 1200. The van der Waals surface area contributed by atoms with E-state index in [1.807, 2.05) is 48.5 Å². The van der Waals surface area contributed by atoms with E-state index in [4.69, 9.17) is 9.47 Å². The van der Waals surface area contributed by atoms with Gasteiger partial charge in [0.15, 0.2) is 0 Å². The number of ether oxygens (including phenoxy) is 2. The number of nitrogens with zero attached hydrogens (tertiary/aromatic N) is 5. The molecule has 1 aromatic carbocycles. The molecule has 1 spiro atoms. The molecule has 10 nitrogen and oxygen atoms in total. The van der Waals surface area contributed by atoms with Crippen molar-refractivity contribution in [3.8, 4) is 11.6 Å². The number of hydrogen-bond acceptors (Lipinski definition) is 8. The Morgan fingerprint density at radius 3 is 2.38 bits per heavy atom. The lowest BCUT2D eigenvalue weighted by molar-refractivity contribution is -0.0197. The van der Waals surface area contributed by atoms with Crippen molar-refractivity contribution >= 4 is 12.0 Å². The van der Waals surface area contributed by atoms with Gasteiger partial charge in [0.2, 0.25) is 0 Å². The highest BCUT2D eigenvalue weighted by atomic mass is 19.1. The predicted molar refractivity (Wildman–Crippen MR) is 143 cm³/mol. The van der Waals surface area contributed by atoms with Crippen molar-refractivity contribution in [1.29, 1.82) is 0 Å². The quantitative estimate of drug-likeness (QED) is 0.558. The van der Waals surface area contributed by atoms with Crippen molar-refractivity contribution in [3.63, 3.8) is 0 Å². The van der Waals surface area contributed by atoms with Crippen LogP contribution in [-0.2, 0) is 4.74 Å². The first kappa shape index (κ1) is 28.7. The van der Waals surface area contributed by atoms with Crippen LogP contribution in [0.4, 0.5) is 9.18 Å². The fourth-order valence-electron chi connectivity index (χ4n) is 5.42. The van der Waals surface area contributed by atoms with Crippen LogP contribution in [0.25, 0.3) is 0 Å². The SMILES string of the molecule is CC(C)N(C(=O)c1cc(F)ccc1Oc1nncnc1C1NCC12CCN(C(=O)OC(C)(C)C)CC2)C(C)C. The summed E-state index contributed by atoms with van der Waals surface area (Å²) in [5, 5.41) is 11.6. The van der Waals surface area contributed by atoms with Crippen molar-refractivity contribution in [1.82, 2.24) is 30.3 Å². The van der Waals surface area contributed by atoms with E-state index in [-0.39, 0.29) is 52.7 Å². The molecule has 11 heteroatoms. The van der Waals surface area contributed by atoms with Gasteiger partial charge in [-0.1, -0.05) is 0 Å². The third-order valence-electron chi connectivity index (χ3n) is 7.30. The molecule has 2 fully saturated rings. The summed E-state index contributed by atoms with van der Waals surface area (Å²) >= 11 is 0. The number of carbonyl (C=O) groups excluding carboxylic acids is 2. The average molecular weight is 543 g/mol. The highest BCUT2D eigenvalue weighted by Crippen LogP contribution is 2.50. The summed E-state index contributed by atoms with van der Waals surface area (Å²) in [4.78, 5) is 33.9. The van der Waals surface area contributed by atoms with Crippen LogP contribution in [-0.4, -0.2) is 74.3 Å². The molecule has 2 aliphatic rings. The largest absolute Gasteiger partial charge is 0.444 e. The minimum atomic E-state index is -0.548. The van der Waals surface area contributed by atoms with E-state index in [1.54, 1.807) is 9.80 Å². The average Bonchev–Trinajstić information content (AvgIpc) is 2.84. The van der Waals surface area contributed by atoms with Crippen molar-refractivity contribution < 1.29 is 23.5 Å². The van der Waals surface area contributed by atoms with Crippen LogP contribution < -0.4 is 10.1 Å². The van der Waals surface area contributed by atoms with Crippen LogP contribution >= 0.6 is 0 Å². The van der Waals surface area contributed by atoms with Gasteiger partial charge in [-0.15, -0.1) is 10.2 Å². The van der Waals surface area contributed by atoms with Gasteiger partial charge in [0.1, 0.15) is 29.2 Å². The smallest absolute Gasteiger partial charge is 0.410 e. The van der Waals surface area contributed by atoms with E-state index in [1.165, 1.54) is 24.5 Å². The summed E-state index contributed by atoms with van der Waals surface area (Å²) in [6.45, 7) is 15.1. The molecule has 2 aliphatic heterocycles. The molecule has 0 saturated carbocycles. The third-order valence-corrected chi connectivity index (χ3v) is 7.30. The number of nitrogens with one attached hydrogen (secondary N) is 1. The molecule has 4 rings (SSSR count). The molecule has 2 amide bonds. The molecule has 2 aromatic rings. The van der Waals surface area contributed by atoms with E-state index in [0.717, 1.165) is 19.4 Å². The van der Waals surface area contributed by atoms with Crippen LogP contribution in [0.2, 0.25) is 0 Å². The van der Waals surface area contributed by atoms with Crippen LogP contribution in [0.3, 0.4) is 0 Å². The number of piperidine rings is 1. The lowest BCUT2D eigenvalue weighted by Crippen LogP contribution is -2.61. The van der Waals surface area contributed by atoms with Crippen LogP contribution in [0.15, 0.2) is 24.5 Å². The fourth-order valence-corrected chi connectivity index (χ4v) is 5.42. The molecule has 1 unspecified atom stereocenters. The molecule has 0 aliphatic carbocycles. The summed E-state index contributed by atoms with van der Waals surface area (Å²) in [7, 11) is 0. The molecular formula is C28H39FN6O4. The Hall–Kier alpha value is -3.34. The van der Waals surface area contributed by atoms with Crippen molar-refractivity contribution in [3.05, 3.63) is 41.6 Å². The summed E-state index contributed by atoms with van der Waals surface area (Å²) < 4.78 is 26.0. The third kappa shape index (κ3) is 6.13. The molecule has 212 valence electrons. The number of benzene rings is 1. The van der Waals surface area contributed by atoms with Gasteiger partial charge in [-0.25, -0.2) is 14.2 Å². The number of halogens is 1. The second-order valence-electron chi connectivity index (χ2n) is 11.9. The van der Waals surface area contributed by atoms with Crippen molar-refractivity contribution in [2.75, 3.05) is 19.6 Å². The molecule has 1 atom stereocenters. The van der Waals surface area contributed by atoms with Crippen LogP contribution in [0.5, 0.6) is 11.6 Å². The zero-order chi connectivity index (χ0) is 28.5. The van der Waals surface area contributed by atoms with E-state index in [9.17, 15) is 14.0 Å². The highest BCUT2D eigenvalue weighted by molar-refractivity contribution is 5.97. The zero-order valence-electron chi connectivity index (χ0n) is 23.8. The van der Waals surface area contributed by atoms with Gasteiger partial charge in [0.05, 0.1) is 11.6 Å². The maximum atomic E-state index is 14.3. The summed E-state index contributed by atoms with van der Waals surface area (Å²) in [6.07, 6.45) is 2.57. The Balaban J connectivity index is 1.56. The predicted octanol–water partition coefficient (Wildman–Crippen LogP) is 4.72. The molecule has 0 bridgehead atoms.